The summed E-state index contributed by atoms with van der Waals surface area (Å²) in [6, 6.07) is 1.81. The predicted octanol–water partition coefficient (Wildman–Crippen LogP) is 0.494. The summed E-state index contributed by atoms with van der Waals surface area (Å²) in [5.41, 5.74) is 0. The normalized spacial score (nSPS) is 37.0. The second-order valence-electron chi connectivity index (χ2n) is 1.79. The highest BCUT2D eigenvalue weighted by Crippen LogP contribution is 2.14. The quantitative estimate of drug-likeness (QED) is 0.460. The van der Waals surface area contributed by atoms with Crippen LogP contribution in [-0.4, -0.2) is 19.4 Å². The number of alkyl halides is 1. The molecule has 8 heavy (non-hydrogen) atoms. The van der Waals surface area contributed by atoms with Crippen molar-refractivity contribution >= 4 is 0 Å². The van der Waals surface area contributed by atoms with E-state index in [4.69, 9.17) is 5.26 Å². The summed E-state index contributed by atoms with van der Waals surface area (Å²) in [5.74, 6) is -0.519. The van der Waals surface area contributed by atoms with Crippen molar-refractivity contribution in [2.75, 3.05) is 13.2 Å². The largest absolute Gasteiger partial charge is 0.377 e. The zero-order valence-electron chi connectivity index (χ0n) is 4.30. The monoisotopic (exact) mass is 115 g/mol. The van der Waals surface area contributed by atoms with Gasteiger partial charge in [0, 0.05) is 0 Å². The minimum Gasteiger partial charge on any atom is -0.377 e. The van der Waals surface area contributed by atoms with Crippen molar-refractivity contribution in [1.82, 2.24) is 0 Å². The molecular formula is C5H6FNO. The molecule has 2 nitrogen and oxygen atoms in total. The molecule has 1 heterocycles. The summed E-state index contributed by atoms with van der Waals surface area (Å²) >= 11 is 0. The number of hydrogen-bond donors (Lipinski definition) is 0. The molecule has 0 amide bonds. The second kappa shape index (κ2) is 2.10. The van der Waals surface area contributed by atoms with E-state index in [1.54, 1.807) is 0 Å². The molecule has 1 aliphatic heterocycles. The van der Waals surface area contributed by atoms with Gasteiger partial charge in [0.05, 0.1) is 19.3 Å². The van der Waals surface area contributed by atoms with Crippen LogP contribution in [0.15, 0.2) is 0 Å². The van der Waals surface area contributed by atoms with Gasteiger partial charge in [0.1, 0.15) is 12.1 Å². The van der Waals surface area contributed by atoms with E-state index in [2.05, 4.69) is 4.74 Å². The van der Waals surface area contributed by atoms with Crippen molar-refractivity contribution in [3.05, 3.63) is 0 Å². The Bertz CT molecular complexity index is 120. The third-order valence-electron chi connectivity index (χ3n) is 1.18. The zero-order valence-corrected chi connectivity index (χ0v) is 4.30. The maximum absolute atomic E-state index is 12.2. The van der Waals surface area contributed by atoms with Crippen LogP contribution < -0.4 is 0 Å². The van der Waals surface area contributed by atoms with Gasteiger partial charge in [0.25, 0.3) is 0 Å². The van der Waals surface area contributed by atoms with Crippen molar-refractivity contribution in [2.24, 2.45) is 5.92 Å². The second-order valence-corrected chi connectivity index (χ2v) is 1.79. The average Bonchev–Trinajstić information content (AvgIpc) is 2.14. The smallest absolute Gasteiger partial charge is 0.141 e. The van der Waals surface area contributed by atoms with E-state index in [9.17, 15) is 4.39 Å². The highest BCUT2D eigenvalue weighted by molar-refractivity contribution is 4.91. The predicted molar refractivity (Wildman–Crippen MR) is 24.8 cm³/mol. The minimum atomic E-state index is -1.06. The van der Waals surface area contributed by atoms with Crippen LogP contribution in [0.5, 0.6) is 0 Å². The summed E-state index contributed by atoms with van der Waals surface area (Å²) in [7, 11) is 0. The summed E-state index contributed by atoms with van der Waals surface area (Å²) in [6.45, 7) is 0.357. The van der Waals surface area contributed by atoms with E-state index in [1.165, 1.54) is 0 Å². The lowest BCUT2D eigenvalue weighted by Crippen LogP contribution is -2.09. The molecule has 1 aliphatic rings. The first kappa shape index (κ1) is 5.52. The molecule has 2 unspecified atom stereocenters. The van der Waals surface area contributed by atoms with E-state index in [0.717, 1.165) is 0 Å². The number of nitrogens with zero attached hydrogens (tertiary/aromatic N) is 1. The van der Waals surface area contributed by atoms with Crippen LogP contribution in [0.25, 0.3) is 0 Å². The van der Waals surface area contributed by atoms with E-state index in [-0.39, 0.29) is 13.2 Å². The number of rotatable bonds is 0. The van der Waals surface area contributed by atoms with Gasteiger partial charge >= 0.3 is 0 Å². The third kappa shape index (κ3) is 0.797. The van der Waals surface area contributed by atoms with Crippen LogP contribution in [0.3, 0.4) is 0 Å². The van der Waals surface area contributed by atoms with Gasteiger partial charge in [0.2, 0.25) is 0 Å². The molecule has 2 atom stereocenters. The lowest BCUT2D eigenvalue weighted by atomic mass is 10.1. The van der Waals surface area contributed by atoms with Crippen molar-refractivity contribution in [3.8, 4) is 6.07 Å². The molecule has 44 valence electrons. The van der Waals surface area contributed by atoms with Crippen LogP contribution in [0.4, 0.5) is 4.39 Å². The molecule has 1 fully saturated rings. The highest BCUT2D eigenvalue weighted by atomic mass is 19.1. The summed E-state index contributed by atoms with van der Waals surface area (Å²) in [6.07, 6.45) is -1.06. The van der Waals surface area contributed by atoms with Gasteiger partial charge in [-0.2, -0.15) is 5.26 Å². The van der Waals surface area contributed by atoms with Gasteiger partial charge in [-0.1, -0.05) is 0 Å². The molecule has 1 rings (SSSR count). The van der Waals surface area contributed by atoms with Crippen LogP contribution in [0, 0.1) is 17.2 Å². The first-order valence-corrected chi connectivity index (χ1v) is 2.46. The lowest BCUT2D eigenvalue weighted by Gasteiger charge is -1.94. The van der Waals surface area contributed by atoms with Crippen LogP contribution in [0.2, 0.25) is 0 Å². The minimum absolute atomic E-state index is 0.0955. The van der Waals surface area contributed by atoms with Crippen molar-refractivity contribution in [3.63, 3.8) is 0 Å². The molecular weight excluding hydrogens is 109 g/mol. The summed E-state index contributed by atoms with van der Waals surface area (Å²) in [4.78, 5) is 0. The fourth-order valence-electron chi connectivity index (χ4n) is 0.646. The molecule has 1 saturated heterocycles. The maximum atomic E-state index is 12.2. The molecule has 0 aromatic carbocycles. The molecule has 0 bridgehead atoms. The first-order chi connectivity index (χ1) is 3.84. The van der Waals surface area contributed by atoms with Crippen LogP contribution >= 0.6 is 0 Å². The molecule has 0 N–H and O–H groups in total. The topological polar surface area (TPSA) is 33.0 Å². The molecule has 3 heteroatoms. The molecule has 0 spiro atoms. The van der Waals surface area contributed by atoms with E-state index in [1.807, 2.05) is 6.07 Å². The standard InChI is InChI=1S/C5H6FNO/c6-5-3-8-2-4(5)1-7/h4-5H,2-3H2. The van der Waals surface area contributed by atoms with Crippen LogP contribution in [0.1, 0.15) is 0 Å². The Morgan fingerprint density at radius 3 is 2.62 bits per heavy atom. The Balaban J connectivity index is 2.45. The fraction of sp³-hybridized carbons (Fsp3) is 0.800. The van der Waals surface area contributed by atoms with E-state index < -0.39 is 12.1 Å². The van der Waals surface area contributed by atoms with Gasteiger partial charge in [-0.3, -0.25) is 0 Å². The Hall–Kier alpha value is -0.620. The SMILES string of the molecule is N#CC1COCC1F. The van der Waals surface area contributed by atoms with E-state index >= 15 is 0 Å². The van der Waals surface area contributed by atoms with Crippen molar-refractivity contribution in [1.29, 1.82) is 5.26 Å². The number of halogens is 1. The summed E-state index contributed by atoms with van der Waals surface area (Å²) < 4.78 is 16.9. The Morgan fingerprint density at radius 2 is 2.38 bits per heavy atom. The Labute approximate surface area is 46.9 Å². The lowest BCUT2D eigenvalue weighted by molar-refractivity contribution is 0.173. The van der Waals surface area contributed by atoms with Crippen molar-refractivity contribution < 1.29 is 9.13 Å². The summed E-state index contributed by atoms with van der Waals surface area (Å²) in [5, 5.41) is 8.17. The average molecular weight is 115 g/mol. The van der Waals surface area contributed by atoms with Gasteiger partial charge in [-0.15, -0.1) is 0 Å². The van der Waals surface area contributed by atoms with Gasteiger partial charge in [-0.05, 0) is 0 Å². The molecule has 0 saturated carbocycles. The Morgan fingerprint density at radius 1 is 1.62 bits per heavy atom. The maximum Gasteiger partial charge on any atom is 0.141 e. The van der Waals surface area contributed by atoms with E-state index in [0.29, 0.717) is 0 Å². The van der Waals surface area contributed by atoms with Crippen LogP contribution in [-0.2, 0) is 4.74 Å². The van der Waals surface area contributed by atoms with Gasteiger partial charge in [0.15, 0.2) is 0 Å². The molecule has 0 radical (unpaired) electrons. The van der Waals surface area contributed by atoms with Crippen molar-refractivity contribution in [2.45, 2.75) is 6.17 Å². The highest BCUT2D eigenvalue weighted by Gasteiger charge is 2.27. The number of hydrogen-bond acceptors (Lipinski definition) is 2. The zero-order chi connectivity index (χ0) is 5.98. The number of nitriles is 1. The number of ether oxygens (including phenoxy) is 1. The Kier molecular flexibility index (Phi) is 1.45. The third-order valence-corrected chi connectivity index (χ3v) is 1.18. The molecule has 0 aliphatic carbocycles. The van der Waals surface area contributed by atoms with Gasteiger partial charge < -0.3 is 4.74 Å². The molecule has 0 aromatic heterocycles. The first-order valence-electron chi connectivity index (χ1n) is 2.46. The molecule has 0 aromatic rings. The fourth-order valence-corrected chi connectivity index (χ4v) is 0.646. The van der Waals surface area contributed by atoms with Gasteiger partial charge in [-0.25, -0.2) is 4.39 Å².